The summed E-state index contributed by atoms with van der Waals surface area (Å²) in [5.74, 6) is 0.0649. The fourth-order valence-corrected chi connectivity index (χ4v) is 0.945. The van der Waals surface area contributed by atoms with Crippen molar-refractivity contribution in [2.75, 3.05) is 5.32 Å². The Bertz CT molecular complexity index is 279. The summed E-state index contributed by atoms with van der Waals surface area (Å²) in [6, 6.07) is 7.26. The first-order valence-corrected chi connectivity index (χ1v) is 4.23. The van der Waals surface area contributed by atoms with Crippen molar-refractivity contribution < 1.29 is 9.90 Å². The second kappa shape index (κ2) is 4.50. The first-order chi connectivity index (χ1) is 6.22. The molecule has 0 aromatic heterocycles. The van der Waals surface area contributed by atoms with Gasteiger partial charge < -0.3 is 10.4 Å². The Morgan fingerprint density at radius 2 is 2.38 bits per heavy atom. The van der Waals surface area contributed by atoms with Crippen LogP contribution in [0, 0.1) is 6.07 Å². The highest BCUT2D eigenvalue weighted by atomic mass is 16.3. The van der Waals surface area contributed by atoms with Gasteiger partial charge in [-0.2, -0.15) is 0 Å². The number of benzene rings is 1. The third kappa shape index (κ3) is 3.15. The summed E-state index contributed by atoms with van der Waals surface area (Å²) in [6.07, 6.45) is 1.34. The number of hydrogen-bond donors (Lipinski definition) is 2. The Balaban J connectivity index is 2.54. The summed E-state index contributed by atoms with van der Waals surface area (Å²) in [4.78, 5) is 11.1. The van der Waals surface area contributed by atoms with Crippen molar-refractivity contribution in [1.29, 1.82) is 0 Å². The average Bonchev–Trinajstić information content (AvgIpc) is 2.09. The number of aromatic hydroxyl groups is 1. The summed E-state index contributed by atoms with van der Waals surface area (Å²) in [6.45, 7) is 1.95. The van der Waals surface area contributed by atoms with Gasteiger partial charge in [0.25, 0.3) is 0 Å². The molecule has 0 aliphatic carbocycles. The van der Waals surface area contributed by atoms with Gasteiger partial charge in [0, 0.05) is 18.2 Å². The number of carbonyl (C=O) groups is 1. The van der Waals surface area contributed by atoms with Gasteiger partial charge in [-0.25, -0.2) is 0 Å². The molecule has 0 aliphatic rings. The van der Waals surface area contributed by atoms with Crippen molar-refractivity contribution >= 4 is 11.6 Å². The highest BCUT2D eigenvalue weighted by molar-refractivity contribution is 5.90. The molecule has 0 aliphatic heterocycles. The third-order valence-electron chi connectivity index (χ3n) is 1.56. The summed E-state index contributed by atoms with van der Waals surface area (Å²) in [5, 5.41) is 11.6. The van der Waals surface area contributed by atoms with E-state index in [9.17, 15) is 4.79 Å². The zero-order valence-corrected chi connectivity index (χ0v) is 7.50. The Morgan fingerprint density at radius 3 is 2.92 bits per heavy atom. The van der Waals surface area contributed by atoms with E-state index < -0.39 is 0 Å². The van der Waals surface area contributed by atoms with Crippen LogP contribution in [0.1, 0.15) is 19.8 Å². The standard InChI is InChI=1S/C10H12NO2/c1-2-3-10(13)11-8-4-6-9(12)7-5-8/h4-6,12H,2-3H2,1H3,(H,11,13). The van der Waals surface area contributed by atoms with Gasteiger partial charge in [0.1, 0.15) is 5.75 Å². The van der Waals surface area contributed by atoms with E-state index in [1.165, 1.54) is 6.07 Å². The van der Waals surface area contributed by atoms with Crippen molar-refractivity contribution in [2.45, 2.75) is 19.8 Å². The molecule has 69 valence electrons. The van der Waals surface area contributed by atoms with Gasteiger partial charge in [0.15, 0.2) is 0 Å². The minimum atomic E-state index is -0.0124. The number of hydrogen-bond acceptors (Lipinski definition) is 2. The fraction of sp³-hybridized carbons (Fsp3) is 0.300. The van der Waals surface area contributed by atoms with Gasteiger partial charge >= 0.3 is 0 Å². The van der Waals surface area contributed by atoms with Crippen molar-refractivity contribution in [3.63, 3.8) is 0 Å². The lowest BCUT2D eigenvalue weighted by atomic mass is 10.2. The molecule has 0 bridgehead atoms. The summed E-state index contributed by atoms with van der Waals surface area (Å²) in [5.41, 5.74) is 0.663. The fourth-order valence-electron chi connectivity index (χ4n) is 0.945. The zero-order valence-electron chi connectivity index (χ0n) is 7.50. The Kier molecular flexibility index (Phi) is 3.31. The second-order valence-electron chi connectivity index (χ2n) is 2.76. The van der Waals surface area contributed by atoms with Crippen molar-refractivity contribution in [2.24, 2.45) is 0 Å². The highest BCUT2D eigenvalue weighted by Gasteiger charge is 1.99. The highest BCUT2D eigenvalue weighted by Crippen LogP contribution is 2.12. The Hall–Kier alpha value is -1.51. The number of phenols is 1. The lowest BCUT2D eigenvalue weighted by Gasteiger charge is -2.03. The Morgan fingerprint density at radius 1 is 1.62 bits per heavy atom. The van der Waals surface area contributed by atoms with E-state index in [0.29, 0.717) is 12.1 Å². The van der Waals surface area contributed by atoms with Crippen LogP contribution < -0.4 is 5.32 Å². The second-order valence-corrected chi connectivity index (χ2v) is 2.76. The molecule has 3 heteroatoms. The minimum Gasteiger partial charge on any atom is -0.507 e. The molecule has 0 spiro atoms. The molecule has 0 fully saturated rings. The van der Waals surface area contributed by atoms with E-state index >= 15 is 0 Å². The monoisotopic (exact) mass is 178 g/mol. The van der Waals surface area contributed by atoms with Crippen molar-refractivity contribution in [3.8, 4) is 5.75 Å². The van der Waals surface area contributed by atoms with Crippen molar-refractivity contribution in [1.82, 2.24) is 0 Å². The van der Waals surface area contributed by atoms with Crippen LogP contribution in [0.2, 0.25) is 0 Å². The van der Waals surface area contributed by atoms with Gasteiger partial charge in [0.05, 0.1) is 0 Å². The number of anilines is 1. The molecule has 0 atom stereocenters. The van der Waals surface area contributed by atoms with Gasteiger partial charge in [0.2, 0.25) is 5.91 Å². The predicted molar refractivity (Wildman–Crippen MR) is 50.5 cm³/mol. The number of rotatable bonds is 3. The molecule has 13 heavy (non-hydrogen) atoms. The van der Waals surface area contributed by atoms with Crippen molar-refractivity contribution in [3.05, 3.63) is 24.3 Å². The van der Waals surface area contributed by atoms with Crippen LogP contribution >= 0.6 is 0 Å². The van der Waals surface area contributed by atoms with E-state index in [4.69, 9.17) is 5.11 Å². The molecule has 1 amide bonds. The van der Waals surface area contributed by atoms with E-state index in [2.05, 4.69) is 11.4 Å². The molecule has 0 heterocycles. The van der Waals surface area contributed by atoms with Crippen LogP contribution in [-0.2, 0) is 4.79 Å². The smallest absolute Gasteiger partial charge is 0.224 e. The normalized spacial score (nSPS) is 9.62. The molecular formula is C10H12NO2. The zero-order chi connectivity index (χ0) is 9.68. The number of amides is 1. The molecular weight excluding hydrogens is 166 g/mol. The quantitative estimate of drug-likeness (QED) is 0.695. The van der Waals surface area contributed by atoms with Crippen LogP contribution in [-0.4, -0.2) is 11.0 Å². The SMILES string of the molecule is CCCC(=O)Nc1c[c]c(O)cc1. The van der Waals surface area contributed by atoms with E-state index in [1.54, 1.807) is 12.1 Å². The molecule has 3 nitrogen and oxygen atoms in total. The van der Waals surface area contributed by atoms with Crippen LogP contribution in [0.5, 0.6) is 5.75 Å². The molecule has 0 saturated carbocycles. The molecule has 2 N–H and O–H groups in total. The van der Waals surface area contributed by atoms with Crippen LogP contribution in [0.25, 0.3) is 0 Å². The Labute approximate surface area is 77.4 Å². The van der Waals surface area contributed by atoms with Gasteiger partial charge in [-0.15, -0.1) is 0 Å². The largest absolute Gasteiger partial charge is 0.507 e. The molecule has 1 aromatic carbocycles. The third-order valence-corrected chi connectivity index (χ3v) is 1.56. The summed E-state index contributed by atoms with van der Waals surface area (Å²) in [7, 11) is 0. The predicted octanol–water partition coefficient (Wildman–Crippen LogP) is 1.93. The van der Waals surface area contributed by atoms with Gasteiger partial charge in [-0.05, 0) is 24.6 Å². The number of nitrogens with one attached hydrogen (secondary N) is 1. The maximum atomic E-state index is 11.1. The summed E-state index contributed by atoms with van der Waals surface area (Å²) >= 11 is 0. The summed E-state index contributed by atoms with van der Waals surface area (Å²) < 4.78 is 0. The maximum absolute atomic E-state index is 11.1. The maximum Gasteiger partial charge on any atom is 0.224 e. The molecule has 0 unspecified atom stereocenters. The minimum absolute atomic E-state index is 0.0124. The van der Waals surface area contributed by atoms with Crippen LogP contribution in [0.4, 0.5) is 5.69 Å². The first kappa shape index (κ1) is 9.58. The van der Waals surface area contributed by atoms with E-state index in [0.717, 1.165) is 6.42 Å². The molecule has 1 aromatic rings. The lowest BCUT2D eigenvalue weighted by Crippen LogP contribution is -2.10. The lowest BCUT2D eigenvalue weighted by molar-refractivity contribution is -0.116. The molecule has 0 saturated heterocycles. The molecule has 1 rings (SSSR count). The van der Waals surface area contributed by atoms with Crippen LogP contribution in [0.3, 0.4) is 0 Å². The number of carbonyl (C=O) groups excluding carboxylic acids is 1. The van der Waals surface area contributed by atoms with Gasteiger partial charge in [-0.3, -0.25) is 4.79 Å². The van der Waals surface area contributed by atoms with Gasteiger partial charge in [-0.1, -0.05) is 6.92 Å². The average molecular weight is 178 g/mol. The topological polar surface area (TPSA) is 49.3 Å². The van der Waals surface area contributed by atoms with E-state index in [1.807, 2.05) is 6.92 Å². The molecule has 1 radical (unpaired) electrons. The van der Waals surface area contributed by atoms with Crippen LogP contribution in [0.15, 0.2) is 18.2 Å². The number of phenolic OH excluding ortho intramolecular Hbond substituents is 1. The first-order valence-electron chi connectivity index (χ1n) is 4.23. The van der Waals surface area contributed by atoms with E-state index in [-0.39, 0.29) is 11.7 Å².